The molecule has 0 heterocycles. The van der Waals surface area contributed by atoms with Gasteiger partial charge >= 0.3 is 12.1 Å². The topological polar surface area (TPSA) is 71.1 Å². The van der Waals surface area contributed by atoms with E-state index in [9.17, 15) is 22.8 Å². The van der Waals surface area contributed by atoms with E-state index in [4.69, 9.17) is 18.9 Å². The van der Waals surface area contributed by atoms with E-state index in [1.807, 2.05) is 12.1 Å². The molecule has 0 spiro atoms. The number of hydrogen-bond donors (Lipinski definition) is 0. The number of fused-ring (bicyclic) bond motifs is 1. The monoisotopic (exact) mass is 464 g/mol. The molecule has 0 atom stereocenters. The number of esters is 1. The number of benzene rings is 2. The first-order chi connectivity index (χ1) is 15.6. The Morgan fingerprint density at radius 1 is 1.00 bits per heavy atom. The van der Waals surface area contributed by atoms with Crippen LogP contribution in [0.2, 0.25) is 0 Å². The molecule has 0 N–H and O–H groups in total. The van der Waals surface area contributed by atoms with Gasteiger partial charge < -0.3 is 18.9 Å². The summed E-state index contributed by atoms with van der Waals surface area (Å²) in [6.45, 7) is -0.128. The second kappa shape index (κ2) is 8.61. The minimum Gasteiger partial charge on any atom is -0.493 e. The maximum atomic E-state index is 12.5. The molecule has 176 valence electrons. The minimum absolute atomic E-state index is 0.108. The summed E-state index contributed by atoms with van der Waals surface area (Å²) >= 11 is 0. The summed E-state index contributed by atoms with van der Waals surface area (Å²) in [5.41, 5.74) is 2.00. The maximum absolute atomic E-state index is 12.5. The smallest absolute Gasteiger partial charge is 0.399 e. The van der Waals surface area contributed by atoms with Gasteiger partial charge in [-0.15, -0.1) is 0 Å². The number of rotatable bonds is 8. The second-order valence-electron chi connectivity index (χ2n) is 8.21. The van der Waals surface area contributed by atoms with Gasteiger partial charge in [0.25, 0.3) is 0 Å². The first-order valence-electron chi connectivity index (χ1n) is 10.5. The summed E-state index contributed by atoms with van der Waals surface area (Å²) in [5.74, 6) is -0.184. The zero-order chi connectivity index (χ0) is 23.8. The van der Waals surface area contributed by atoms with E-state index in [-0.39, 0.29) is 12.4 Å². The molecule has 2 aromatic rings. The number of Topliss-reactive ketones (excluding diaryl/α,β-unsaturated/α-hetero) is 1. The van der Waals surface area contributed by atoms with Crippen LogP contribution < -0.4 is 14.2 Å². The molecule has 1 fully saturated rings. The van der Waals surface area contributed by atoms with Crippen molar-refractivity contribution < 1.29 is 41.7 Å². The number of hydrogen-bond acceptors (Lipinski definition) is 6. The van der Waals surface area contributed by atoms with Crippen LogP contribution in [-0.2, 0) is 16.0 Å². The number of aryl methyl sites for hydroxylation is 1. The van der Waals surface area contributed by atoms with Gasteiger partial charge in [0, 0.05) is 17.5 Å². The van der Waals surface area contributed by atoms with Crippen LogP contribution in [0, 0.1) is 0 Å². The van der Waals surface area contributed by atoms with Crippen molar-refractivity contribution in [1.29, 1.82) is 0 Å². The van der Waals surface area contributed by atoms with Crippen molar-refractivity contribution in [3.8, 4) is 28.4 Å². The highest BCUT2D eigenvalue weighted by Gasteiger charge is 2.49. The van der Waals surface area contributed by atoms with Crippen molar-refractivity contribution in [2.24, 2.45) is 0 Å². The first-order valence-corrected chi connectivity index (χ1v) is 10.5. The van der Waals surface area contributed by atoms with E-state index in [1.54, 1.807) is 18.2 Å². The lowest BCUT2D eigenvalue weighted by molar-refractivity contribution is -0.178. The predicted molar refractivity (Wildman–Crippen MR) is 112 cm³/mol. The van der Waals surface area contributed by atoms with E-state index in [0.29, 0.717) is 54.1 Å². The fourth-order valence-corrected chi connectivity index (χ4v) is 3.95. The lowest BCUT2D eigenvalue weighted by Crippen LogP contribution is -2.29. The summed E-state index contributed by atoms with van der Waals surface area (Å²) in [6.07, 6.45) is -4.34. The highest BCUT2D eigenvalue weighted by molar-refractivity contribution is 6.01. The number of ketones is 1. The van der Waals surface area contributed by atoms with E-state index < -0.39 is 24.2 Å². The lowest BCUT2D eigenvalue weighted by atomic mass is 9.99. The number of carbonyl (C=O) groups excluding carboxylic acids is 2. The molecule has 0 amide bonds. The van der Waals surface area contributed by atoms with Crippen LogP contribution in [0.5, 0.6) is 17.2 Å². The van der Waals surface area contributed by atoms with Crippen LogP contribution in [0.4, 0.5) is 13.2 Å². The van der Waals surface area contributed by atoms with E-state index in [0.717, 1.165) is 11.1 Å². The van der Waals surface area contributed by atoms with Gasteiger partial charge in [0.05, 0.1) is 14.2 Å². The zero-order valence-electron chi connectivity index (χ0n) is 18.2. The molecule has 9 heteroatoms. The number of alkyl halides is 3. The van der Waals surface area contributed by atoms with Crippen LogP contribution in [0.1, 0.15) is 41.6 Å². The highest BCUT2D eigenvalue weighted by atomic mass is 19.4. The predicted octanol–water partition coefficient (Wildman–Crippen LogP) is 4.91. The molecular formula is C24H23F3O6. The van der Waals surface area contributed by atoms with Crippen LogP contribution in [-0.4, -0.2) is 44.4 Å². The third-order valence-electron chi connectivity index (χ3n) is 5.80. The van der Waals surface area contributed by atoms with Gasteiger partial charge in [0.1, 0.15) is 18.6 Å². The molecule has 2 aromatic carbocycles. The third-order valence-corrected chi connectivity index (χ3v) is 5.80. The van der Waals surface area contributed by atoms with Crippen LogP contribution in [0.25, 0.3) is 11.1 Å². The van der Waals surface area contributed by atoms with Crippen molar-refractivity contribution in [2.75, 3.05) is 20.8 Å². The van der Waals surface area contributed by atoms with Gasteiger partial charge in [-0.25, -0.2) is 0 Å². The largest absolute Gasteiger partial charge is 0.493 e. The molecule has 4 rings (SSSR count). The molecule has 0 unspecified atom stereocenters. The molecule has 0 bridgehead atoms. The molecular weight excluding hydrogens is 441 g/mol. The van der Waals surface area contributed by atoms with Crippen molar-refractivity contribution in [3.05, 3.63) is 41.5 Å². The lowest BCUT2D eigenvalue weighted by Gasteiger charge is -2.22. The summed E-state index contributed by atoms with van der Waals surface area (Å²) < 4.78 is 59.5. The van der Waals surface area contributed by atoms with Gasteiger partial charge in [-0.05, 0) is 42.5 Å². The molecule has 0 aliphatic heterocycles. The number of ether oxygens (including phenoxy) is 4. The molecule has 1 saturated carbocycles. The maximum Gasteiger partial charge on any atom is 0.399 e. The van der Waals surface area contributed by atoms with Crippen LogP contribution in [0.15, 0.2) is 30.3 Å². The Hall–Kier alpha value is -3.23. The van der Waals surface area contributed by atoms with E-state index >= 15 is 0 Å². The van der Waals surface area contributed by atoms with Crippen molar-refractivity contribution in [3.63, 3.8) is 0 Å². The summed E-state index contributed by atoms with van der Waals surface area (Å²) in [7, 11) is 2.93. The van der Waals surface area contributed by atoms with Crippen molar-refractivity contribution in [2.45, 2.75) is 43.9 Å². The summed E-state index contributed by atoms with van der Waals surface area (Å²) in [5, 5.41) is 0. The van der Waals surface area contributed by atoms with Crippen molar-refractivity contribution >= 4 is 11.8 Å². The summed E-state index contributed by atoms with van der Waals surface area (Å²) in [4.78, 5) is 23.7. The highest BCUT2D eigenvalue weighted by Crippen LogP contribution is 2.47. The van der Waals surface area contributed by atoms with Gasteiger partial charge in [-0.3, -0.25) is 9.59 Å². The summed E-state index contributed by atoms with van der Waals surface area (Å²) in [6, 6.07) is 9.01. The Labute approximate surface area is 188 Å². The molecule has 0 saturated heterocycles. The zero-order valence-corrected chi connectivity index (χ0v) is 18.2. The fourth-order valence-electron chi connectivity index (χ4n) is 3.95. The number of halogens is 3. The normalized spacial score (nSPS) is 16.2. The molecule has 2 aliphatic rings. The van der Waals surface area contributed by atoms with Gasteiger partial charge in [-0.2, -0.15) is 13.2 Å². The minimum atomic E-state index is -4.63. The van der Waals surface area contributed by atoms with E-state index in [1.165, 1.54) is 14.2 Å². The molecule has 6 nitrogen and oxygen atoms in total. The SMILES string of the molecule is COc1ccc(-c2ccc3c(c2)CCC3=O)c(OCC2(OC(=O)CC(F)(F)F)CC2)c1OC. The van der Waals surface area contributed by atoms with E-state index in [2.05, 4.69) is 0 Å². The molecule has 0 radical (unpaired) electrons. The van der Waals surface area contributed by atoms with Crippen LogP contribution >= 0.6 is 0 Å². The standard InChI is InChI=1S/C24H23F3O6/c1-30-19-8-6-17(15-3-5-16-14(11-15)4-7-18(16)28)21(22(19)31-2)32-13-23(9-10-23)33-20(29)12-24(25,26)27/h3,5-6,8,11H,4,7,9-10,12-13H2,1-2H3. The second-order valence-corrected chi connectivity index (χ2v) is 8.21. The number of carbonyl (C=O) groups is 2. The third kappa shape index (κ3) is 4.91. The Kier molecular flexibility index (Phi) is 5.99. The van der Waals surface area contributed by atoms with Gasteiger partial charge in [0.2, 0.25) is 5.75 Å². The Balaban J connectivity index is 1.62. The Bertz CT molecular complexity index is 1090. The van der Waals surface area contributed by atoms with Crippen molar-refractivity contribution in [1.82, 2.24) is 0 Å². The van der Waals surface area contributed by atoms with Gasteiger partial charge in [-0.1, -0.05) is 18.2 Å². The van der Waals surface area contributed by atoms with Crippen LogP contribution in [0.3, 0.4) is 0 Å². The number of methoxy groups -OCH3 is 2. The Morgan fingerprint density at radius 2 is 1.73 bits per heavy atom. The Morgan fingerprint density at radius 3 is 2.36 bits per heavy atom. The average molecular weight is 464 g/mol. The first kappa shape index (κ1) is 22.9. The fraction of sp³-hybridized carbons (Fsp3) is 0.417. The molecule has 2 aliphatic carbocycles. The molecule has 0 aromatic heterocycles. The molecule has 33 heavy (non-hydrogen) atoms. The quantitative estimate of drug-likeness (QED) is 0.518. The van der Waals surface area contributed by atoms with Gasteiger partial charge in [0.15, 0.2) is 17.3 Å². The average Bonchev–Trinajstić information content (AvgIpc) is 3.42.